The molecular weight excluding hydrogens is 305 g/mol. The summed E-state index contributed by atoms with van der Waals surface area (Å²) in [6.07, 6.45) is 0.791. The van der Waals surface area contributed by atoms with Gasteiger partial charge in [0.05, 0.1) is 5.75 Å². The summed E-state index contributed by atoms with van der Waals surface area (Å²) in [7, 11) is 0. The van der Waals surface area contributed by atoms with Gasteiger partial charge < -0.3 is 0 Å². The number of nitrogens with one attached hydrogen (secondary N) is 1. The second-order valence-corrected chi connectivity index (χ2v) is 5.61. The third-order valence-corrected chi connectivity index (χ3v) is 3.88. The molecule has 9 heteroatoms. The van der Waals surface area contributed by atoms with Gasteiger partial charge >= 0.3 is 0 Å². The van der Waals surface area contributed by atoms with Gasteiger partial charge in [0, 0.05) is 6.42 Å². The number of hydrogen-bond donors (Lipinski definition) is 1. The molecule has 22 heavy (non-hydrogen) atoms. The molecule has 0 radical (unpaired) electrons. The van der Waals surface area contributed by atoms with Crippen molar-refractivity contribution in [3.63, 3.8) is 0 Å². The summed E-state index contributed by atoms with van der Waals surface area (Å²) in [6.45, 7) is 3.89. The zero-order valence-corrected chi connectivity index (χ0v) is 12.9. The molecule has 1 N–H and O–H groups in total. The lowest BCUT2D eigenvalue weighted by Gasteiger charge is -2.06. The third-order valence-electron chi connectivity index (χ3n) is 3.04. The van der Waals surface area contributed by atoms with Crippen LogP contribution in [-0.2, 0) is 12.2 Å². The van der Waals surface area contributed by atoms with E-state index >= 15 is 0 Å². The first kappa shape index (κ1) is 14.6. The van der Waals surface area contributed by atoms with E-state index in [1.54, 1.807) is 12.1 Å². The Balaban J connectivity index is 1.81. The minimum Gasteiger partial charge on any atom is -0.262 e. The number of H-pyrrole nitrogens is 1. The van der Waals surface area contributed by atoms with Crippen LogP contribution in [0.1, 0.15) is 24.1 Å². The van der Waals surface area contributed by atoms with Crippen molar-refractivity contribution in [3.8, 4) is 5.69 Å². The summed E-state index contributed by atoms with van der Waals surface area (Å²) in [4.78, 5) is 4.31. The summed E-state index contributed by atoms with van der Waals surface area (Å²) in [6, 6.07) is 4.82. The standard InChI is InChI=1S/C13H14FN7S/c1-3-11-15-13(18-16-11)22-7-12-17-19-20-21(12)10-6-8(2)4-5-9(10)14/h4-6H,3,7H2,1-2H3,(H,15,16,18). The number of rotatable bonds is 5. The van der Waals surface area contributed by atoms with Crippen LogP contribution in [0.2, 0.25) is 0 Å². The number of thioether (sulfide) groups is 1. The van der Waals surface area contributed by atoms with Crippen molar-refractivity contribution < 1.29 is 4.39 Å². The average molecular weight is 319 g/mol. The highest BCUT2D eigenvalue weighted by Gasteiger charge is 2.14. The van der Waals surface area contributed by atoms with E-state index in [-0.39, 0.29) is 5.82 Å². The molecule has 1 aromatic carbocycles. The fraction of sp³-hybridized carbons (Fsp3) is 0.308. The maximum absolute atomic E-state index is 14.0. The molecule has 7 nitrogen and oxygen atoms in total. The average Bonchev–Trinajstić information content (AvgIpc) is 3.16. The molecule has 0 bridgehead atoms. The van der Waals surface area contributed by atoms with Crippen LogP contribution in [0.3, 0.4) is 0 Å². The highest BCUT2D eigenvalue weighted by atomic mass is 32.2. The van der Waals surface area contributed by atoms with Gasteiger partial charge in [0.15, 0.2) is 5.82 Å². The van der Waals surface area contributed by atoms with E-state index in [0.29, 0.717) is 22.4 Å². The number of aromatic amines is 1. The van der Waals surface area contributed by atoms with Crippen molar-refractivity contribution >= 4 is 11.8 Å². The van der Waals surface area contributed by atoms with Crippen molar-refractivity contribution in [3.05, 3.63) is 41.2 Å². The van der Waals surface area contributed by atoms with Gasteiger partial charge in [0.1, 0.15) is 17.3 Å². The first-order valence-corrected chi connectivity index (χ1v) is 7.73. The van der Waals surface area contributed by atoms with E-state index in [1.165, 1.54) is 22.5 Å². The summed E-state index contributed by atoms with van der Waals surface area (Å²) in [5.74, 6) is 1.45. The molecule has 0 unspecified atom stereocenters. The van der Waals surface area contributed by atoms with Crippen molar-refractivity contribution in [1.29, 1.82) is 0 Å². The fourth-order valence-electron chi connectivity index (χ4n) is 1.90. The molecule has 0 saturated heterocycles. The van der Waals surface area contributed by atoms with Crippen LogP contribution < -0.4 is 0 Å². The molecule has 3 rings (SSSR count). The zero-order valence-electron chi connectivity index (χ0n) is 12.1. The lowest BCUT2D eigenvalue weighted by atomic mass is 10.2. The van der Waals surface area contributed by atoms with Gasteiger partial charge in [0.25, 0.3) is 0 Å². The lowest BCUT2D eigenvalue weighted by Crippen LogP contribution is -2.05. The van der Waals surface area contributed by atoms with Gasteiger partial charge in [0.2, 0.25) is 5.16 Å². The summed E-state index contributed by atoms with van der Waals surface area (Å²) < 4.78 is 15.4. The SMILES string of the molecule is CCc1nc(SCc2nnnn2-c2cc(C)ccc2F)n[nH]1. The molecule has 3 aromatic rings. The minimum absolute atomic E-state index is 0.338. The first-order valence-electron chi connectivity index (χ1n) is 6.75. The Kier molecular flexibility index (Phi) is 4.14. The molecule has 0 saturated carbocycles. The van der Waals surface area contributed by atoms with Crippen LogP contribution in [0.25, 0.3) is 5.69 Å². The predicted octanol–water partition coefficient (Wildman–Crippen LogP) is 2.08. The second kappa shape index (κ2) is 6.22. The molecule has 0 aliphatic carbocycles. The molecule has 0 fully saturated rings. The summed E-state index contributed by atoms with van der Waals surface area (Å²) in [5.41, 5.74) is 1.27. The maximum Gasteiger partial charge on any atom is 0.208 e. The topological polar surface area (TPSA) is 85.2 Å². The number of aryl methyl sites for hydroxylation is 2. The number of hydrogen-bond acceptors (Lipinski definition) is 6. The van der Waals surface area contributed by atoms with E-state index in [2.05, 4.69) is 30.7 Å². The lowest BCUT2D eigenvalue weighted by molar-refractivity contribution is 0.603. The van der Waals surface area contributed by atoms with Gasteiger partial charge in [-0.15, -0.1) is 10.2 Å². The molecule has 0 aliphatic rings. The van der Waals surface area contributed by atoms with Crippen molar-refractivity contribution in [2.24, 2.45) is 0 Å². The Morgan fingerprint density at radius 3 is 3.00 bits per heavy atom. The van der Waals surface area contributed by atoms with Crippen LogP contribution in [0.4, 0.5) is 4.39 Å². The van der Waals surface area contributed by atoms with E-state index in [9.17, 15) is 4.39 Å². The molecule has 0 aliphatic heterocycles. The Labute approximate surface area is 130 Å². The third kappa shape index (κ3) is 2.98. The number of benzene rings is 1. The van der Waals surface area contributed by atoms with Gasteiger partial charge in [-0.2, -0.15) is 4.68 Å². The normalized spacial score (nSPS) is 11.0. The smallest absolute Gasteiger partial charge is 0.208 e. The van der Waals surface area contributed by atoms with Crippen molar-refractivity contribution in [2.75, 3.05) is 0 Å². The quantitative estimate of drug-likeness (QED) is 0.725. The molecule has 0 spiro atoms. The highest BCUT2D eigenvalue weighted by molar-refractivity contribution is 7.98. The van der Waals surface area contributed by atoms with E-state index in [0.717, 1.165) is 17.8 Å². The fourth-order valence-corrected chi connectivity index (χ4v) is 2.62. The van der Waals surface area contributed by atoms with Gasteiger partial charge in [-0.1, -0.05) is 24.8 Å². The van der Waals surface area contributed by atoms with E-state index in [4.69, 9.17) is 0 Å². The molecule has 114 valence electrons. The van der Waals surface area contributed by atoms with E-state index in [1.807, 2.05) is 13.8 Å². The molecule has 0 amide bonds. The predicted molar refractivity (Wildman–Crippen MR) is 79.2 cm³/mol. The Morgan fingerprint density at radius 1 is 1.36 bits per heavy atom. The molecule has 2 aromatic heterocycles. The van der Waals surface area contributed by atoms with Gasteiger partial charge in [-0.25, -0.2) is 9.37 Å². The van der Waals surface area contributed by atoms with Crippen LogP contribution in [-0.4, -0.2) is 35.4 Å². The molecular formula is C13H14FN7S. The van der Waals surface area contributed by atoms with Crippen LogP contribution >= 0.6 is 11.8 Å². The molecule has 0 atom stereocenters. The Hall–Kier alpha value is -2.29. The Bertz CT molecular complexity index is 782. The summed E-state index contributed by atoms with van der Waals surface area (Å²) in [5, 5.41) is 19.0. The van der Waals surface area contributed by atoms with Gasteiger partial charge in [-0.3, -0.25) is 5.10 Å². The summed E-state index contributed by atoms with van der Waals surface area (Å²) >= 11 is 1.39. The number of tetrazole rings is 1. The van der Waals surface area contributed by atoms with Crippen LogP contribution in [0.5, 0.6) is 0 Å². The minimum atomic E-state index is -0.365. The monoisotopic (exact) mass is 319 g/mol. The number of aromatic nitrogens is 7. The highest BCUT2D eigenvalue weighted by Crippen LogP contribution is 2.21. The largest absolute Gasteiger partial charge is 0.262 e. The van der Waals surface area contributed by atoms with Crippen molar-refractivity contribution in [2.45, 2.75) is 31.2 Å². The zero-order chi connectivity index (χ0) is 15.5. The molecule has 2 heterocycles. The van der Waals surface area contributed by atoms with Crippen LogP contribution in [0.15, 0.2) is 23.4 Å². The second-order valence-electron chi connectivity index (χ2n) is 4.67. The number of halogens is 1. The Morgan fingerprint density at radius 2 is 2.23 bits per heavy atom. The maximum atomic E-state index is 14.0. The van der Waals surface area contributed by atoms with Crippen LogP contribution in [0, 0.1) is 12.7 Å². The number of nitrogens with zero attached hydrogens (tertiary/aromatic N) is 6. The van der Waals surface area contributed by atoms with E-state index < -0.39 is 0 Å². The van der Waals surface area contributed by atoms with Crippen molar-refractivity contribution in [1.82, 2.24) is 35.4 Å². The van der Waals surface area contributed by atoms with Gasteiger partial charge in [-0.05, 0) is 35.0 Å². The first-order chi connectivity index (χ1) is 10.7.